The van der Waals surface area contributed by atoms with Gasteiger partial charge in [0.2, 0.25) is 0 Å². The minimum absolute atomic E-state index is 0. The summed E-state index contributed by atoms with van der Waals surface area (Å²) < 4.78 is 17.1. The molecule has 0 spiro atoms. The number of rotatable bonds is 13. The molecule has 0 fully saturated rings. The van der Waals surface area contributed by atoms with Crippen molar-refractivity contribution < 1.29 is 47.8 Å². The predicted octanol–water partition coefficient (Wildman–Crippen LogP) is 2.96. The topological polar surface area (TPSA) is 104 Å². The summed E-state index contributed by atoms with van der Waals surface area (Å²) in [5.41, 5.74) is 4.75. The third-order valence-electron chi connectivity index (χ3n) is 6.45. The van der Waals surface area contributed by atoms with Crippen molar-refractivity contribution in [2.75, 3.05) is 19.1 Å². The Labute approximate surface area is 256 Å². The van der Waals surface area contributed by atoms with E-state index in [0.717, 1.165) is 33.8 Å². The largest absolute Gasteiger partial charge is 1.00 e. The zero-order valence-corrected chi connectivity index (χ0v) is 24.6. The molecule has 1 atom stereocenters. The van der Waals surface area contributed by atoms with Gasteiger partial charge in [-0.3, -0.25) is 4.99 Å². The molecule has 1 N–H and O–H groups in total. The fourth-order valence-corrected chi connectivity index (χ4v) is 4.74. The second kappa shape index (κ2) is 15.6. The molecular weight excluding hydrogens is 533 g/mol. The number of carbonyl (C=O) groups is 1. The maximum absolute atomic E-state index is 13.2. The minimum Gasteiger partial charge on any atom is -0.858 e. The molecule has 0 saturated heterocycles. The van der Waals surface area contributed by atoms with Gasteiger partial charge in [-0.05, 0) is 102 Å². The molecular formula is C32H32LiNO6S. The van der Waals surface area contributed by atoms with E-state index in [1.807, 2.05) is 86.0 Å². The minimum atomic E-state index is -1.10. The Morgan fingerprint density at radius 1 is 1.02 bits per heavy atom. The Bertz CT molecular complexity index is 1470. The van der Waals surface area contributed by atoms with Crippen LogP contribution in [0.1, 0.15) is 28.9 Å². The Hall–Kier alpha value is -3.41. The summed E-state index contributed by atoms with van der Waals surface area (Å²) in [5, 5.41) is 22.8. The maximum atomic E-state index is 13.2. The number of aliphatic imine (C=N–C) groups is 1. The van der Waals surface area contributed by atoms with Crippen LogP contribution >= 0.6 is 11.8 Å². The number of thioether (sulfide) groups is 1. The van der Waals surface area contributed by atoms with E-state index in [0.29, 0.717) is 35.7 Å². The molecule has 7 nitrogen and oxygen atoms in total. The molecule has 0 amide bonds. The zero-order chi connectivity index (χ0) is 28.5. The van der Waals surface area contributed by atoms with Crippen molar-refractivity contribution in [3.63, 3.8) is 0 Å². The summed E-state index contributed by atoms with van der Waals surface area (Å²) in [7, 11) is 1.63. The van der Waals surface area contributed by atoms with Gasteiger partial charge in [0.25, 0.3) is 0 Å². The molecule has 41 heavy (non-hydrogen) atoms. The Balaban J connectivity index is 0.00000462. The van der Waals surface area contributed by atoms with Crippen LogP contribution in [0.25, 0.3) is 22.5 Å². The number of benzene rings is 3. The number of hydrogen-bond acceptors (Lipinski definition) is 7. The molecule has 9 heteroatoms. The Morgan fingerprint density at radius 3 is 2.46 bits per heavy atom. The average Bonchev–Trinajstić information content (AvgIpc) is 3.44. The summed E-state index contributed by atoms with van der Waals surface area (Å²) in [5.74, 6) is 1.18. The smallest absolute Gasteiger partial charge is 0.858 e. The van der Waals surface area contributed by atoms with Gasteiger partial charge in [-0.2, -0.15) is 11.8 Å². The Morgan fingerprint density at radius 2 is 1.78 bits per heavy atom. The van der Waals surface area contributed by atoms with Crippen LogP contribution in [0.3, 0.4) is 0 Å². The monoisotopic (exact) mass is 565 g/mol. The molecule has 3 aromatic carbocycles. The van der Waals surface area contributed by atoms with Gasteiger partial charge in [0.05, 0.1) is 13.7 Å². The number of nitrogens with zero attached hydrogens (tertiary/aromatic N) is 1. The first-order valence-electron chi connectivity index (χ1n) is 12.9. The normalized spacial score (nSPS) is 12.0. The van der Waals surface area contributed by atoms with E-state index in [9.17, 15) is 15.0 Å². The molecule has 0 aliphatic heterocycles. The van der Waals surface area contributed by atoms with Crippen LogP contribution in [0.4, 0.5) is 0 Å². The molecule has 0 aliphatic rings. The van der Waals surface area contributed by atoms with Crippen molar-refractivity contribution in [3.8, 4) is 28.2 Å². The van der Waals surface area contributed by atoms with E-state index in [2.05, 4.69) is 4.99 Å². The molecule has 4 aromatic rings. The maximum Gasteiger partial charge on any atom is 1.00 e. The van der Waals surface area contributed by atoms with E-state index < -0.39 is 17.9 Å². The van der Waals surface area contributed by atoms with Gasteiger partial charge in [-0.25, -0.2) is 4.79 Å². The van der Waals surface area contributed by atoms with E-state index in [4.69, 9.17) is 13.9 Å². The number of carboxylic acids is 1. The molecule has 1 aromatic heterocycles. The van der Waals surface area contributed by atoms with Gasteiger partial charge in [-0.1, -0.05) is 36.4 Å². The fourth-order valence-electron chi connectivity index (χ4n) is 4.28. The first-order valence-corrected chi connectivity index (χ1v) is 14.3. The van der Waals surface area contributed by atoms with Crippen LogP contribution in [-0.4, -0.2) is 42.1 Å². The van der Waals surface area contributed by atoms with Crippen molar-refractivity contribution in [3.05, 3.63) is 101 Å². The van der Waals surface area contributed by atoms with Crippen LogP contribution in [0.2, 0.25) is 0 Å². The third kappa shape index (κ3) is 8.54. The van der Waals surface area contributed by atoms with E-state index in [-0.39, 0.29) is 25.5 Å². The van der Waals surface area contributed by atoms with Crippen LogP contribution in [-0.2, 0) is 22.7 Å². The standard InChI is InChI=1S/C32H33NO6S.Li/c1-21-6-4-5-7-26(21)28-18-22(8-14-27(28)31(34)33-29(32(35)36)16-17-40-3)19-38-20-25-13-15-30(39-25)23-9-11-24(37-2)12-10-23;/h4-15,18,29H,16-17,19-20H2,1-3H3,(H,33,34)(H,35,36);/q;+1/p-1/t29-;/m0./s1. The van der Waals surface area contributed by atoms with Crippen molar-refractivity contribution in [2.45, 2.75) is 32.6 Å². The van der Waals surface area contributed by atoms with Crippen LogP contribution in [0.15, 0.2) is 88.3 Å². The van der Waals surface area contributed by atoms with Gasteiger partial charge in [0, 0.05) is 5.56 Å². The number of hydrogen-bond donors (Lipinski definition) is 1. The number of aliphatic carboxylic acids is 1. The molecule has 0 unspecified atom stereocenters. The van der Waals surface area contributed by atoms with E-state index in [1.165, 1.54) is 11.8 Å². The third-order valence-corrected chi connectivity index (χ3v) is 7.10. The van der Waals surface area contributed by atoms with Crippen LogP contribution in [0.5, 0.6) is 5.75 Å². The summed E-state index contributed by atoms with van der Waals surface area (Å²) in [6.45, 7) is 2.55. The molecule has 0 radical (unpaired) electrons. The molecule has 0 saturated carbocycles. The summed E-state index contributed by atoms with van der Waals surface area (Å²) in [6.07, 6.45) is 2.18. The first kappa shape index (κ1) is 32.1. The van der Waals surface area contributed by atoms with Gasteiger partial charge >= 0.3 is 24.8 Å². The number of aryl methyl sites for hydroxylation is 1. The van der Waals surface area contributed by atoms with Crippen molar-refractivity contribution in [1.82, 2.24) is 0 Å². The number of methoxy groups -OCH3 is 1. The first-order chi connectivity index (χ1) is 19.4. The van der Waals surface area contributed by atoms with Crippen LogP contribution < -0.4 is 28.7 Å². The van der Waals surface area contributed by atoms with E-state index in [1.54, 1.807) is 13.2 Å². The van der Waals surface area contributed by atoms with Gasteiger partial charge in [0.15, 0.2) is 0 Å². The predicted molar refractivity (Wildman–Crippen MR) is 157 cm³/mol. The summed E-state index contributed by atoms with van der Waals surface area (Å²) in [6, 6.07) is 23.5. The molecule has 4 rings (SSSR count). The van der Waals surface area contributed by atoms with Crippen molar-refractivity contribution in [1.29, 1.82) is 0 Å². The number of furan rings is 1. The van der Waals surface area contributed by atoms with Gasteiger partial charge < -0.3 is 24.1 Å². The number of carboxylic acid groups (broad SMARTS) is 1. The second-order valence-corrected chi connectivity index (χ2v) is 10.2. The van der Waals surface area contributed by atoms with E-state index >= 15 is 0 Å². The summed E-state index contributed by atoms with van der Waals surface area (Å²) >= 11 is 1.52. The van der Waals surface area contributed by atoms with Gasteiger partial charge in [0.1, 0.15) is 29.9 Å². The fraction of sp³-hybridized carbons (Fsp3) is 0.250. The Kier molecular flexibility index (Phi) is 12.2. The van der Waals surface area contributed by atoms with Crippen LogP contribution in [0, 0.1) is 6.92 Å². The second-order valence-electron chi connectivity index (χ2n) is 9.25. The van der Waals surface area contributed by atoms with Crippen molar-refractivity contribution >= 4 is 23.6 Å². The molecule has 208 valence electrons. The molecule has 1 heterocycles. The molecule has 0 aliphatic carbocycles. The molecule has 0 bridgehead atoms. The van der Waals surface area contributed by atoms with Gasteiger partial charge in [-0.15, -0.1) is 0 Å². The summed E-state index contributed by atoms with van der Waals surface area (Å²) in [4.78, 5) is 15.8. The number of ether oxygens (including phenoxy) is 2. The zero-order valence-electron chi connectivity index (χ0n) is 23.8. The SMILES string of the molecule is COc1ccc(-c2ccc(COCc3ccc(C([O-])=N[C@@H](CCSC)C(=O)O)c(-c4ccccc4C)c3)o2)cc1.[Li+]. The average molecular weight is 566 g/mol. The quantitative estimate of drug-likeness (QED) is 0.151. The van der Waals surface area contributed by atoms with Crippen molar-refractivity contribution in [2.24, 2.45) is 4.99 Å².